The number of aromatic nitrogens is 2. The van der Waals surface area contributed by atoms with Crippen molar-refractivity contribution in [2.24, 2.45) is 0 Å². The van der Waals surface area contributed by atoms with E-state index in [0.29, 0.717) is 30.8 Å². The monoisotopic (exact) mass is 360 g/mol. The van der Waals surface area contributed by atoms with Crippen LogP contribution < -0.4 is 10.2 Å². The quantitative estimate of drug-likeness (QED) is 0.860. The van der Waals surface area contributed by atoms with Crippen molar-refractivity contribution in [3.63, 3.8) is 0 Å². The van der Waals surface area contributed by atoms with E-state index in [9.17, 15) is 9.59 Å². The summed E-state index contributed by atoms with van der Waals surface area (Å²) in [6, 6.07) is 7.00. The van der Waals surface area contributed by atoms with E-state index in [1.54, 1.807) is 17.0 Å². The first-order valence-electron chi connectivity index (χ1n) is 8.30. The van der Waals surface area contributed by atoms with Gasteiger partial charge in [-0.1, -0.05) is 17.7 Å². The van der Waals surface area contributed by atoms with Gasteiger partial charge < -0.3 is 10.2 Å². The lowest BCUT2D eigenvalue weighted by atomic mass is 10.1. The summed E-state index contributed by atoms with van der Waals surface area (Å²) in [7, 11) is 0. The van der Waals surface area contributed by atoms with E-state index in [1.807, 2.05) is 26.0 Å². The predicted molar refractivity (Wildman–Crippen MR) is 96.7 cm³/mol. The number of rotatable bonds is 5. The lowest BCUT2D eigenvalue weighted by Gasteiger charge is -2.17. The molecule has 7 heteroatoms. The number of anilines is 1. The van der Waals surface area contributed by atoms with Gasteiger partial charge in [0.2, 0.25) is 11.8 Å². The Kier molecular flexibility index (Phi) is 5.08. The highest BCUT2D eigenvalue weighted by Gasteiger charge is 2.31. The average molecular weight is 361 g/mol. The van der Waals surface area contributed by atoms with E-state index < -0.39 is 0 Å². The molecule has 2 amide bonds. The maximum atomic E-state index is 12.2. The molecule has 1 saturated heterocycles. The van der Waals surface area contributed by atoms with E-state index in [2.05, 4.69) is 15.5 Å². The van der Waals surface area contributed by atoms with Gasteiger partial charge in [-0.2, -0.15) is 5.10 Å². The van der Waals surface area contributed by atoms with Crippen LogP contribution in [0.2, 0.25) is 5.02 Å². The number of hydrogen-bond donors (Lipinski definition) is 2. The third-order valence-electron chi connectivity index (χ3n) is 4.55. The minimum Gasteiger partial charge on any atom is -0.351 e. The van der Waals surface area contributed by atoms with Crippen LogP contribution >= 0.6 is 11.6 Å². The molecule has 2 heterocycles. The summed E-state index contributed by atoms with van der Waals surface area (Å²) in [5.74, 6) is -0.0721. The summed E-state index contributed by atoms with van der Waals surface area (Å²) >= 11 is 5.99. The Balaban J connectivity index is 1.54. The molecule has 0 saturated carbocycles. The van der Waals surface area contributed by atoms with Crippen molar-refractivity contribution in [2.45, 2.75) is 39.2 Å². The summed E-state index contributed by atoms with van der Waals surface area (Å²) in [5.41, 5.74) is 3.79. The fourth-order valence-corrected chi connectivity index (χ4v) is 3.19. The van der Waals surface area contributed by atoms with E-state index in [1.165, 1.54) is 0 Å². The molecule has 2 aromatic rings. The normalized spacial score (nSPS) is 17.2. The number of carbonyl (C=O) groups is 2. The number of nitrogens with zero attached hydrogens (tertiary/aromatic N) is 2. The zero-order valence-electron chi connectivity index (χ0n) is 14.3. The van der Waals surface area contributed by atoms with Gasteiger partial charge in [-0.15, -0.1) is 0 Å². The van der Waals surface area contributed by atoms with E-state index in [4.69, 9.17) is 11.6 Å². The molecule has 1 fully saturated rings. The van der Waals surface area contributed by atoms with Gasteiger partial charge in [-0.05, 0) is 37.6 Å². The number of hydrogen-bond acceptors (Lipinski definition) is 3. The highest BCUT2D eigenvalue weighted by atomic mass is 35.5. The molecule has 1 aromatic carbocycles. The van der Waals surface area contributed by atoms with Crippen molar-refractivity contribution >= 4 is 29.1 Å². The highest BCUT2D eigenvalue weighted by Crippen LogP contribution is 2.24. The molecule has 6 nitrogen and oxygen atoms in total. The number of amides is 2. The van der Waals surface area contributed by atoms with Gasteiger partial charge in [-0.25, -0.2) is 0 Å². The molecule has 1 unspecified atom stereocenters. The summed E-state index contributed by atoms with van der Waals surface area (Å²) in [6.07, 6.45) is 1.24. The number of aryl methyl sites for hydroxylation is 2. The molecule has 0 spiro atoms. The molecule has 1 aromatic heterocycles. The van der Waals surface area contributed by atoms with Crippen molar-refractivity contribution in [1.29, 1.82) is 0 Å². The number of H-pyrrole nitrogens is 1. The second-order valence-corrected chi connectivity index (χ2v) is 6.81. The Bertz CT molecular complexity index is 802. The minimum absolute atomic E-state index is 0.00802. The largest absolute Gasteiger partial charge is 0.351 e. The Morgan fingerprint density at radius 2 is 2.24 bits per heavy atom. The molecular formula is C18H21ClN4O2. The molecular weight excluding hydrogens is 340 g/mol. The van der Waals surface area contributed by atoms with Crippen LogP contribution in [0, 0.1) is 13.8 Å². The van der Waals surface area contributed by atoms with Gasteiger partial charge in [0.25, 0.3) is 0 Å². The van der Waals surface area contributed by atoms with Gasteiger partial charge in [0.05, 0.1) is 11.7 Å². The summed E-state index contributed by atoms with van der Waals surface area (Å²) < 4.78 is 0. The number of carbonyl (C=O) groups excluding carboxylic acids is 2. The molecule has 2 N–H and O–H groups in total. The first kappa shape index (κ1) is 17.5. The number of halogens is 1. The molecule has 1 aliphatic heterocycles. The van der Waals surface area contributed by atoms with Crippen molar-refractivity contribution in [3.8, 4) is 0 Å². The topological polar surface area (TPSA) is 78.1 Å². The van der Waals surface area contributed by atoms with Crippen LogP contribution in [0.15, 0.2) is 24.3 Å². The Morgan fingerprint density at radius 1 is 1.44 bits per heavy atom. The van der Waals surface area contributed by atoms with Gasteiger partial charge in [0, 0.05) is 42.2 Å². The Morgan fingerprint density at radius 3 is 2.92 bits per heavy atom. The van der Waals surface area contributed by atoms with Gasteiger partial charge >= 0.3 is 0 Å². The van der Waals surface area contributed by atoms with Crippen LogP contribution in [0.1, 0.15) is 29.8 Å². The zero-order chi connectivity index (χ0) is 18.0. The van der Waals surface area contributed by atoms with Crippen LogP contribution in [0.4, 0.5) is 5.69 Å². The predicted octanol–water partition coefficient (Wildman–Crippen LogP) is 2.53. The smallest absolute Gasteiger partial charge is 0.229 e. The maximum Gasteiger partial charge on any atom is 0.229 e. The second kappa shape index (κ2) is 7.27. The van der Waals surface area contributed by atoms with Crippen LogP contribution in [-0.2, 0) is 16.0 Å². The van der Waals surface area contributed by atoms with Gasteiger partial charge in [0.15, 0.2) is 0 Å². The molecule has 132 valence electrons. The van der Waals surface area contributed by atoms with Crippen molar-refractivity contribution in [2.75, 3.05) is 11.4 Å². The SMILES string of the molecule is Cc1[nH]nc(CCC(=O)NC2CC(=O)N(c3cccc(Cl)c3)C2)c1C. The fraction of sp³-hybridized carbons (Fsp3) is 0.389. The molecule has 25 heavy (non-hydrogen) atoms. The Labute approximate surface area is 151 Å². The second-order valence-electron chi connectivity index (χ2n) is 6.37. The van der Waals surface area contributed by atoms with Crippen LogP contribution in [0.25, 0.3) is 0 Å². The highest BCUT2D eigenvalue weighted by molar-refractivity contribution is 6.30. The Hall–Kier alpha value is -2.34. The van der Waals surface area contributed by atoms with E-state index in [-0.39, 0.29) is 17.9 Å². The summed E-state index contributed by atoms with van der Waals surface area (Å²) in [6.45, 7) is 4.41. The van der Waals surface area contributed by atoms with Crippen LogP contribution in [0.3, 0.4) is 0 Å². The average Bonchev–Trinajstić information content (AvgIpc) is 3.09. The van der Waals surface area contributed by atoms with E-state index in [0.717, 1.165) is 22.6 Å². The van der Waals surface area contributed by atoms with Gasteiger partial charge in [0.1, 0.15) is 0 Å². The maximum absolute atomic E-state index is 12.2. The zero-order valence-corrected chi connectivity index (χ0v) is 15.1. The first-order valence-corrected chi connectivity index (χ1v) is 8.67. The lowest BCUT2D eigenvalue weighted by molar-refractivity contribution is -0.121. The molecule has 0 bridgehead atoms. The van der Waals surface area contributed by atoms with E-state index >= 15 is 0 Å². The lowest BCUT2D eigenvalue weighted by Crippen LogP contribution is -2.37. The van der Waals surface area contributed by atoms with Crippen LogP contribution in [-0.4, -0.2) is 34.6 Å². The third kappa shape index (κ3) is 4.02. The van der Waals surface area contributed by atoms with Crippen molar-refractivity contribution in [3.05, 3.63) is 46.2 Å². The first-order chi connectivity index (χ1) is 11.9. The number of benzene rings is 1. The molecule has 3 rings (SSSR count). The summed E-state index contributed by atoms with van der Waals surface area (Å²) in [5, 5.41) is 10.7. The van der Waals surface area contributed by atoms with Crippen LogP contribution in [0.5, 0.6) is 0 Å². The molecule has 1 aliphatic rings. The number of aromatic amines is 1. The fourth-order valence-electron chi connectivity index (χ4n) is 3.01. The van der Waals surface area contributed by atoms with Crippen molar-refractivity contribution < 1.29 is 9.59 Å². The standard InChI is InChI=1S/C18H21ClN4O2/c1-11-12(2)21-22-16(11)6-7-17(24)20-14-9-18(25)23(10-14)15-5-3-4-13(19)8-15/h3-5,8,14H,6-7,9-10H2,1-2H3,(H,20,24)(H,21,22). The molecule has 0 aliphatic carbocycles. The third-order valence-corrected chi connectivity index (χ3v) is 4.79. The van der Waals surface area contributed by atoms with Gasteiger partial charge in [-0.3, -0.25) is 14.7 Å². The minimum atomic E-state index is -0.180. The molecule has 0 radical (unpaired) electrons. The molecule has 1 atom stereocenters. The van der Waals surface area contributed by atoms with Crippen molar-refractivity contribution in [1.82, 2.24) is 15.5 Å². The summed E-state index contributed by atoms with van der Waals surface area (Å²) in [4.78, 5) is 26.1. The number of nitrogens with one attached hydrogen (secondary N) is 2.